The first-order chi connectivity index (χ1) is 20.3. The molecular weight excluding hydrogens is 583 g/mol. The van der Waals surface area contributed by atoms with E-state index in [1.54, 1.807) is 16.6 Å². The van der Waals surface area contributed by atoms with Crippen LogP contribution in [0.1, 0.15) is 64.0 Å². The minimum atomic E-state index is -2.27. The molecule has 2 fully saturated rings. The Morgan fingerprint density at radius 1 is 1.12 bits per heavy atom. The Balaban J connectivity index is 1.72. The average molecular weight is 630 g/mol. The molecule has 2 unspecified atom stereocenters. The number of nitriles is 1. The number of fused-ring (bicyclic) bond motifs is 1. The second-order valence-electron chi connectivity index (χ2n) is 13.7. The molecule has 4 atom stereocenters. The molecule has 2 aromatic rings. The molecule has 2 aromatic heterocycles. The van der Waals surface area contributed by atoms with Gasteiger partial charge in [-0.1, -0.05) is 26.2 Å². The topological polar surface area (TPSA) is 137 Å². The van der Waals surface area contributed by atoms with Gasteiger partial charge in [0.15, 0.2) is 22.5 Å². The lowest BCUT2D eigenvalue weighted by atomic mass is 9.87. The summed E-state index contributed by atoms with van der Waals surface area (Å²) in [6.45, 7) is 14.3. The van der Waals surface area contributed by atoms with Gasteiger partial charge < -0.3 is 23.6 Å². The van der Waals surface area contributed by atoms with Crippen LogP contribution in [0.3, 0.4) is 0 Å². The van der Waals surface area contributed by atoms with Crippen LogP contribution in [0.25, 0.3) is 5.52 Å². The Morgan fingerprint density at radius 2 is 1.81 bits per heavy atom. The first-order valence-electron chi connectivity index (χ1n) is 15.5. The van der Waals surface area contributed by atoms with Gasteiger partial charge in [0.1, 0.15) is 42.8 Å². The van der Waals surface area contributed by atoms with Crippen molar-refractivity contribution in [1.82, 2.24) is 14.6 Å². The van der Waals surface area contributed by atoms with E-state index in [0.29, 0.717) is 42.2 Å². The first-order valence-corrected chi connectivity index (χ1v) is 22.3. The van der Waals surface area contributed by atoms with Crippen molar-refractivity contribution < 1.29 is 27.9 Å². The normalized spacial score (nSPS) is 25.0. The zero-order chi connectivity index (χ0) is 31.4. The molecule has 236 valence electrons. The highest BCUT2D eigenvalue weighted by atomic mass is 28.4. The number of rotatable bonds is 12. The zero-order valence-electron chi connectivity index (χ0n) is 26.6. The average Bonchev–Trinajstić information content (AvgIpc) is 3.47. The van der Waals surface area contributed by atoms with Crippen LogP contribution in [0.4, 0.5) is 5.82 Å². The lowest BCUT2D eigenvalue weighted by Crippen LogP contribution is -2.51. The molecular formula is C30H47N5O6Si2. The fraction of sp³-hybridized carbons (Fsp3) is 0.700. The van der Waals surface area contributed by atoms with E-state index in [0.717, 1.165) is 25.7 Å². The summed E-state index contributed by atoms with van der Waals surface area (Å²) in [5, 5.41) is 18.2. The van der Waals surface area contributed by atoms with Crippen LogP contribution < -0.4 is 5.32 Å². The summed E-state index contributed by atoms with van der Waals surface area (Å²) in [6, 6.07) is 5.94. The van der Waals surface area contributed by atoms with Crippen molar-refractivity contribution in [2.75, 3.05) is 11.9 Å². The zero-order valence-corrected chi connectivity index (χ0v) is 28.6. The van der Waals surface area contributed by atoms with Gasteiger partial charge in [-0.15, -0.1) is 0 Å². The maximum absolute atomic E-state index is 12.9. The van der Waals surface area contributed by atoms with E-state index in [2.05, 4.69) is 60.8 Å². The Kier molecular flexibility index (Phi) is 10.5. The fourth-order valence-electron chi connectivity index (χ4n) is 5.95. The number of ether oxygens (including phenoxy) is 2. The van der Waals surface area contributed by atoms with E-state index < -0.39 is 40.5 Å². The Labute approximate surface area is 256 Å². The van der Waals surface area contributed by atoms with Crippen LogP contribution in [0.15, 0.2) is 18.5 Å². The number of esters is 1. The highest BCUT2D eigenvalue weighted by Gasteiger charge is 2.61. The number of carbonyl (C=O) groups excluding carboxylic acids is 2. The van der Waals surface area contributed by atoms with Gasteiger partial charge >= 0.3 is 5.97 Å². The summed E-state index contributed by atoms with van der Waals surface area (Å²) in [4.78, 5) is 29.6. The van der Waals surface area contributed by atoms with Gasteiger partial charge in [-0.25, -0.2) is 9.50 Å². The van der Waals surface area contributed by atoms with Crippen LogP contribution in [-0.4, -0.2) is 68.0 Å². The van der Waals surface area contributed by atoms with Crippen LogP contribution in [0.5, 0.6) is 0 Å². The second-order valence-corrected chi connectivity index (χ2v) is 22.6. The molecule has 1 aliphatic carbocycles. The molecule has 4 rings (SSSR count). The van der Waals surface area contributed by atoms with E-state index in [1.807, 2.05) is 6.92 Å². The van der Waals surface area contributed by atoms with Gasteiger partial charge in [-0.3, -0.25) is 9.59 Å². The first kappa shape index (κ1) is 33.3. The molecule has 1 saturated carbocycles. The molecule has 1 amide bonds. The molecule has 0 bridgehead atoms. The number of aromatic nitrogens is 3. The highest BCUT2D eigenvalue weighted by molar-refractivity contribution is 6.70. The third-order valence-electron chi connectivity index (χ3n) is 7.70. The van der Waals surface area contributed by atoms with E-state index in [-0.39, 0.29) is 18.5 Å². The van der Waals surface area contributed by atoms with Gasteiger partial charge in [0.2, 0.25) is 11.5 Å². The number of amides is 1. The smallest absolute Gasteiger partial charge is 0.306 e. The van der Waals surface area contributed by atoms with Gasteiger partial charge in [0, 0.05) is 12.8 Å². The standard InChI is InChI=1S/C30H47N5O6Si2/c1-8-12-25(36)34-29-22-15-16-24(35(22)33-20-32-29)30(19-31)28(41-43(5,6)7)27(40-42(2,3)4)23(39-30)18-38-26(37)17-21-13-10-9-11-14-21/h15-16,20-21,23,27-28H,8-14,17-18H2,1-7H3,(H,32,33,34,36)/t23-,27?,28?,30+/m1/s1. The second kappa shape index (κ2) is 13.6. The Morgan fingerprint density at radius 3 is 2.44 bits per heavy atom. The van der Waals surface area contributed by atoms with E-state index in [9.17, 15) is 14.9 Å². The summed E-state index contributed by atoms with van der Waals surface area (Å²) in [5.41, 5.74) is -0.671. The fourth-order valence-corrected chi connectivity index (χ4v) is 8.11. The molecule has 1 N–H and O–H groups in total. The van der Waals surface area contributed by atoms with Crippen LogP contribution in [0.2, 0.25) is 39.3 Å². The third kappa shape index (κ3) is 8.10. The summed E-state index contributed by atoms with van der Waals surface area (Å²) < 4.78 is 27.5. The molecule has 3 heterocycles. The summed E-state index contributed by atoms with van der Waals surface area (Å²) >= 11 is 0. The molecule has 2 aliphatic rings. The number of carbonyl (C=O) groups is 2. The van der Waals surface area contributed by atoms with Crippen molar-refractivity contribution in [2.24, 2.45) is 5.92 Å². The van der Waals surface area contributed by atoms with Crippen LogP contribution in [0, 0.1) is 17.2 Å². The summed E-state index contributed by atoms with van der Waals surface area (Å²) in [6.07, 6.45) is 6.18. The molecule has 13 heteroatoms. The number of nitrogens with zero attached hydrogens (tertiary/aromatic N) is 4. The van der Waals surface area contributed by atoms with Crippen molar-refractivity contribution in [1.29, 1.82) is 5.26 Å². The van der Waals surface area contributed by atoms with Crippen molar-refractivity contribution in [2.45, 2.75) is 121 Å². The number of hydrogen-bond donors (Lipinski definition) is 1. The van der Waals surface area contributed by atoms with Crippen LogP contribution in [-0.2, 0) is 33.5 Å². The molecule has 0 spiro atoms. The van der Waals surface area contributed by atoms with E-state index in [1.165, 1.54) is 12.7 Å². The van der Waals surface area contributed by atoms with Crippen molar-refractivity contribution in [3.05, 3.63) is 24.2 Å². The summed E-state index contributed by atoms with van der Waals surface area (Å²) in [5.74, 6) is 0.278. The van der Waals surface area contributed by atoms with Gasteiger partial charge in [0.05, 0.1) is 5.69 Å². The van der Waals surface area contributed by atoms with Crippen molar-refractivity contribution in [3.63, 3.8) is 0 Å². The monoisotopic (exact) mass is 629 g/mol. The summed E-state index contributed by atoms with van der Waals surface area (Å²) in [7, 11) is -4.47. The van der Waals surface area contributed by atoms with Gasteiger partial charge in [-0.05, 0) is 76.6 Å². The SMILES string of the molecule is CCCC(=O)Nc1ncnn2c([C@]3(C#N)O[C@H](COC(=O)CC4CCCCC4)C(O[Si](C)(C)C)C3O[Si](C)(C)C)ccc12. The van der Waals surface area contributed by atoms with Gasteiger partial charge in [-0.2, -0.15) is 10.4 Å². The lowest BCUT2D eigenvalue weighted by Gasteiger charge is -2.36. The molecule has 0 aromatic carbocycles. The maximum atomic E-state index is 12.9. The predicted molar refractivity (Wildman–Crippen MR) is 167 cm³/mol. The van der Waals surface area contributed by atoms with E-state index >= 15 is 0 Å². The molecule has 43 heavy (non-hydrogen) atoms. The molecule has 1 aliphatic heterocycles. The Hall–Kier alpha value is -2.64. The van der Waals surface area contributed by atoms with Crippen molar-refractivity contribution >= 4 is 39.8 Å². The van der Waals surface area contributed by atoms with Crippen LogP contribution >= 0.6 is 0 Å². The van der Waals surface area contributed by atoms with Crippen molar-refractivity contribution in [3.8, 4) is 6.07 Å². The van der Waals surface area contributed by atoms with E-state index in [4.69, 9.17) is 18.3 Å². The largest absolute Gasteiger partial charge is 0.463 e. The third-order valence-corrected chi connectivity index (χ3v) is 9.64. The number of anilines is 1. The molecule has 11 nitrogen and oxygen atoms in total. The van der Waals surface area contributed by atoms with Gasteiger partial charge in [0.25, 0.3) is 0 Å². The quantitative estimate of drug-likeness (QED) is 0.237. The number of hydrogen-bond acceptors (Lipinski definition) is 9. The Bertz CT molecular complexity index is 1330. The minimum absolute atomic E-state index is 0.0493. The minimum Gasteiger partial charge on any atom is -0.463 e. The predicted octanol–water partition coefficient (Wildman–Crippen LogP) is 5.54. The lowest BCUT2D eigenvalue weighted by molar-refractivity contribution is -0.151. The molecule has 1 saturated heterocycles. The number of nitrogens with one attached hydrogen (secondary N) is 1. The maximum Gasteiger partial charge on any atom is 0.306 e. The molecule has 0 radical (unpaired) electrons. The highest BCUT2D eigenvalue weighted by Crippen LogP contribution is 2.45.